The van der Waals surface area contributed by atoms with Crippen molar-refractivity contribution in [2.45, 2.75) is 20.4 Å². The van der Waals surface area contributed by atoms with Gasteiger partial charge in [0, 0.05) is 10.6 Å². The van der Waals surface area contributed by atoms with Crippen molar-refractivity contribution >= 4 is 23.5 Å². The maximum atomic E-state index is 12.1. The molecule has 1 saturated heterocycles. The van der Waals surface area contributed by atoms with E-state index in [4.69, 9.17) is 20.9 Å². The third kappa shape index (κ3) is 2.48. The van der Waals surface area contributed by atoms with Crippen LogP contribution >= 0.6 is 11.6 Å². The molecule has 114 valence electrons. The van der Waals surface area contributed by atoms with Crippen LogP contribution in [0, 0.1) is 5.41 Å². The molecule has 3 rings (SSSR count). The molecule has 0 spiro atoms. The summed E-state index contributed by atoms with van der Waals surface area (Å²) in [4.78, 5) is 28.7. The molecule has 0 aliphatic carbocycles. The van der Waals surface area contributed by atoms with Gasteiger partial charge in [-0.1, -0.05) is 23.7 Å². The van der Waals surface area contributed by atoms with Crippen LogP contribution in [0.2, 0.25) is 5.02 Å². The van der Waals surface area contributed by atoms with E-state index in [1.807, 2.05) is 12.1 Å². The molecule has 2 heterocycles. The number of benzene rings is 1. The summed E-state index contributed by atoms with van der Waals surface area (Å²) >= 11 is 5.95. The Labute approximate surface area is 132 Å². The molecule has 1 aliphatic rings. The first-order valence-electron chi connectivity index (χ1n) is 6.77. The molecular formula is C16H14ClNO4. The van der Waals surface area contributed by atoms with Gasteiger partial charge in [-0.3, -0.25) is 4.79 Å². The normalized spacial score (nSPS) is 17.0. The second kappa shape index (κ2) is 5.18. The van der Waals surface area contributed by atoms with Gasteiger partial charge in [-0.15, -0.1) is 0 Å². The van der Waals surface area contributed by atoms with Crippen molar-refractivity contribution < 1.29 is 18.8 Å². The molecule has 2 aromatic rings. The van der Waals surface area contributed by atoms with Gasteiger partial charge in [-0.2, -0.15) is 5.06 Å². The Morgan fingerprint density at radius 2 is 1.95 bits per heavy atom. The van der Waals surface area contributed by atoms with E-state index in [0.29, 0.717) is 16.5 Å². The third-order valence-electron chi connectivity index (χ3n) is 3.53. The van der Waals surface area contributed by atoms with E-state index >= 15 is 0 Å². The molecule has 1 aromatic heterocycles. The number of carbonyl (C=O) groups is 2. The molecule has 1 fully saturated rings. The van der Waals surface area contributed by atoms with Gasteiger partial charge in [0.1, 0.15) is 23.5 Å². The molecule has 6 heteroatoms. The van der Waals surface area contributed by atoms with Gasteiger partial charge in [0.25, 0.3) is 5.91 Å². The highest BCUT2D eigenvalue weighted by Crippen LogP contribution is 2.31. The van der Waals surface area contributed by atoms with Crippen molar-refractivity contribution in [1.29, 1.82) is 0 Å². The van der Waals surface area contributed by atoms with Gasteiger partial charge in [0.2, 0.25) is 0 Å². The number of carbonyl (C=O) groups excluding carboxylic acids is 2. The van der Waals surface area contributed by atoms with Gasteiger partial charge in [-0.25, -0.2) is 4.79 Å². The largest absolute Gasteiger partial charge is 0.459 e. The predicted octanol–water partition coefficient (Wildman–Crippen LogP) is 3.43. The van der Waals surface area contributed by atoms with Crippen LogP contribution in [0.15, 0.2) is 40.8 Å². The molecule has 0 saturated carbocycles. The van der Waals surface area contributed by atoms with Gasteiger partial charge < -0.3 is 9.25 Å². The smallest absolute Gasteiger partial charge is 0.347 e. The average Bonchev–Trinajstić information content (AvgIpc) is 3.00. The summed E-state index contributed by atoms with van der Waals surface area (Å²) in [5, 5.41) is 1.64. The fraction of sp³-hybridized carbons (Fsp3) is 0.250. The maximum absolute atomic E-state index is 12.1. The predicted molar refractivity (Wildman–Crippen MR) is 79.6 cm³/mol. The molecule has 1 aromatic carbocycles. The van der Waals surface area contributed by atoms with E-state index < -0.39 is 11.4 Å². The van der Waals surface area contributed by atoms with Crippen LogP contribution in [0.3, 0.4) is 0 Å². The summed E-state index contributed by atoms with van der Waals surface area (Å²) in [5.74, 6) is 0.223. The molecule has 0 bridgehead atoms. The molecule has 5 nitrogen and oxygen atoms in total. The van der Waals surface area contributed by atoms with E-state index in [-0.39, 0.29) is 12.5 Å². The van der Waals surface area contributed by atoms with Crippen LogP contribution in [0.4, 0.5) is 0 Å². The summed E-state index contributed by atoms with van der Waals surface area (Å²) in [6, 6.07) is 10.8. The molecule has 0 atom stereocenters. The quantitative estimate of drug-likeness (QED) is 0.813. The molecule has 1 aliphatic heterocycles. The van der Waals surface area contributed by atoms with Crippen molar-refractivity contribution in [3.8, 4) is 11.3 Å². The standard InChI is InChI=1S/C16H14ClNO4/c1-16(2)14(19)18(22-15(16)20)9-12-6-7-13(21-12)10-4-3-5-11(17)8-10/h3-8H,9H2,1-2H3. The minimum absolute atomic E-state index is 0.0779. The first kappa shape index (κ1) is 14.7. The Morgan fingerprint density at radius 3 is 2.59 bits per heavy atom. The van der Waals surface area contributed by atoms with Gasteiger partial charge in [-0.05, 0) is 38.1 Å². The highest BCUT2D eigenvalue weighted by atomic mass is 35.5. The second-order valence-electron chi connectivity index (χ2n) is 5.62. The zero-order chi connectivity index (χ0) is 15.9. The van der Waals surface area contributed by atoms with Crippen LogP contribution in [0.25, 0.3) is 11.3 Å². The monoisotopic (exact) mass is 319 g/mol. The number of rotatable bonds is 3. The molecular weight excluding hydrogens is 306 g/mol. The Kier molecular flexibility index (Phi) is 3.45. The van der Waals surface area contributed by atoms with Crippen LogP contribution in [0.1, 0.15) is 19.6 Å². The van der Waals surface area contributed by atoms with Crippen LogP contribution < -0.4 is 0 Å². The van der Waals surface area contributed by atoms with Crippen molar-refractivity contribution in [3.63, 3.8) is 0 Å². The van der Waals surface area contributed by atoms with Crippen molar-refractivity contribution in [2.75, 3.05) is 0 Å². The van der Waals surface area contributed by atoms with E-state index in [9.17, 15) is 9.59 Å². The van der Waals surface area contributed by atoms with E-state index in [2.05, 4.69) is 0 Å². The summed E-state index contributed by atoms with van der Waals surface area (Å²) in [7, 11) is 0. The molecule has 1 amide bonds. The maximum Gasteiger partial charge on any atom is 0.347 e. The van der Waals surface area contributed by atoms with Crippen molar-refractivity contribution in [1.82, 2.24) is 5.06 Å². The lowest BCUT2D eigenvalue weighted by Crippen LogP contribution is -2.31. The lowest BCUT2D eigenvalue weighted by atomic mass is 9.94. The van der Waals surface area contributed by atoms with Gasteiger partial charge in [0.15, 0.2) is 0 Å². The fourth-order valence-corrected chi connectivity index (χ4v) is 2.35. The van der Waals surface area contributed by atoms with Gasteiger partial charge in [0.05, 0.1) is 0 Å². The Morgan fingerprint density at radius 1 is 1.18 bits per heavy atom. The van der Waals surface area contributed by atoms with Crippen molar-refractivity contribution in [3.05, 3.63) is 47.2 Å². The second-order valence-corrected chi connectivity index (χ2v) is 6.06. The number of halogens is 1. The summed E-state index contributed by atoms with van der Waals surface area (Å²) in [6.45, 7) is 3.16. The number of amides is 1. The molecule has 0 radical (unpaired) electrons. The lowest BCUT2D eigenvalue weighted by molar-refractivity contribution is -0.181. The summed E-state index contributed by atoms with van der Waals surface area (Å²) < 4.78 is 5.69. The van der Waals surface area contributed by atoms with Crippen LogP contribution in [-0.4, -0.2) is 16.9 Å². The summed E-state index contributed by atoms with van der Waals surface area (Å²) in [5.41, 5.74) is -0.314. The number of nitrogens with zero attached hydrogens (tertiary/aromatic N) is 1. The minimum atomic E-state index is -1.15. The first-order valence-corrected chi connectivity index (χ1v) is 7.15. The third-order valence-corrected chi connectivity index (χ3v) is 3.77. The van der Waals surface area contributed by atoms with Crippen LogP contribution in [0.5, 0.6) is 0 Å². The number of hydroxylamine groups is 2. The lowest BCUT2D eigenvalue weighted by Gasteiger charge is -2.12. The summed E-state index contributed by atoms with van der Waals surface area (Å²) in [6.07, 6.45) is 0. The van der Waals surface area contributed by atoms with Crippen LogP contribution in [-0.2, 0) is 21.0 Å². The number of furan rings is 1. The Hall–Kier alpha value is -2.27. The van der Waals surface area contributed by atoms with Crippen molar-refractivity contribution in [2.24, 2.45) is 5.41 Å². The molecule has 0 N–H and O–H groups in total. The number of hydrogen-bond acceptors (Lipinski definition) is 4. The topological polar surface area (TPSA) is 59.8 Å². The fourth-order valence-electron chi connectivity index (χ4n) is 2.16. The number of hydrogen-bond donors (Lipinski definition) is 0. The van der Waals surface area contributed by atoms with E-state index in [1.54, 1.807) is 24.3 Å². The Bertz CT molecular complexity index is 750. The zero-order valence-corrected chi connectivity index (χ0v) is 12.9. The average molecular weight is 320 g/mol. The highest BCUT2D eigenvalue weighted by molar-refractivity contribution is 6.30. The van der Waals surface area contributed by atoms with E-state index in [1.165, 1.54) is 13.8 Å². The minimum Gasteiger partial charge on any atom is -0.459 e. The molecule has 0 unspecified atom stereocenters. The first-order chi connectivity index (χ1) is 10.4. The molecule has 22 heavy (non-hydrogen) atoms. The highest BCUT2D eigenvalue weighted by Gasteiger charge is 2.49. The van der Waals surface area contributed by atoms with E-state index in [0.717, 1.165) is 10.6 Å². The SMILES string of the molecule is CC1(C)C(=O)ON(Cc2ccc(-c3cccc(Cl)c3)o2)C1=O. The zero-order valence-electron chi connectivity index (χ0n) is 12.1. The van der Waals surface area contributed by atoms with Gasteiger partial charge >= 0.3 is 5.97 Å². The Balaban J connectivity index is 1.78.